The van der Waals surface area contributed by atoms with Crippen LogP contribution in [-0.2, 0) is 0 Å². The molecule has 0 saturated carbocycles. The Kier molecular flexibility index (Phi) is 2.61. The van der Waals surface area contributed by atoms with Crippen LogP contribution in [-0.4, -0.2) is 21.2 Å². The standard InChI is InChI=1S/C10H5Cl2NO3/c11-6-3-4-1-2-5(10(15)16)8(14)7(4)13-9(6)12/h1-3,14H,(H,15,16). The fourth-order valence-electron chi connectivity index (χ4n) is 1.35. The van der Waals surface area contributed by atoms with Gasteiger partial charge in [0.15, 0.2) is 5.75 Å². The molecule has 16 heavy (non-hydrogen) atoms. The molecule has 0 unspecified atom stereocenters. The van der Waals surface area contributed by atoms with E-state index in [9.17, 15) is 9.90 Å². The van der Waals surface area contributed by atoms with Gasteiger partial charge in [-0.1, -0.05) is 29.3 Å². The van der Waals surface area contributed by atoms with Gasteiger partial charge in [-0.15, -0.1) is 0 Å². The van der Waals surface area contributed by atoms with Crippen molar-refractivity contribution in [1.82, 2.24) is 4.98 Å². The minimum absolute atomic E-state index is 0.0204. The molecule has 2 rings (SSSR count). The highest BCUT2D eigenvalue weighted by Crippen LogP contribution is 2.31. The van der Waals surface area contributed by atoms with Crippen molar-refractivity contribution < 1.29 is 15.0 Å². The van der Waals surface area contributed by atoms with Gasteiger partial charge in [0.25, 0.3) is 0 Å². The number of pyridine rings is 1. The number of carboxylic acids is 1. The molecule has 82 valence electrons. The van der Waals surface area contributed by atoms with Crippen LogP contribution >= 0.6 is 23.2 Å². The maximum absolute atomic E-state index is 10.8. The zero-order valence-corrected chi connectivity index (χ0v) is 9.25. The predicted octanol–water partition coefficient (Wildman–Crippen LogP) is 2.95. The summed E-state index contributed by atoms with van der Waals surface area (Å²) >= 11 is 11.4. The highest BCUT2D eigenvalue weighted by atomic mass is 35.5. The van der Waals surface area contributed by atoms with Crippen molar-refractivity contribution in [2.75, 3.05) is 0 Å². The fourth-order valence-corrected chi connectivity index (χ4v) is 1.65. The number of hydrogen-bond acceptors (Lipinski definition) is 3. The minimum Gasteiger partial charge on any atom is -0.505 e. The Morgan fingerprint density at radius 2 is 2.00 bits per heavy atom. The van der Waals surface area contributed by atoms with E-state index in [4.69, 9.17) is 28.3 Å². The third kappa shape index (κ3) is 1.66. The van der Waals surface area contributed by atoms with Crippen molar-refractivity contribution >= 4 is 40.1 Å². The minimum atomic E-state index is -1.23. The fraction of sp³-hybridized carbons (Fsp3) is 0. The van der Waals surface area contributed by atoms with Gasteiger partial charge in [0.05, 0.1) is 5.02 Å². The molecular weight excluding hydrogens is 253 g/mol. The topological polar surface area (TPSA) is 70.4 Å². The van der Waals surface area contributed by atoms with E-state index >= 15 is 0 Å². The van der Waals surface area contributed by atoms with Crippen LogP contribution in [0.1, 0.15) is 10.4 Å². The summed E-state index contributed by atoms with van der Waals surface area (Å²) in [7, 11) is 0. The Labute approximate surface area is 100 Å². The number of nitrogens with zero attached hydrogens (tertiary/aromatic N) is 1. The number of phenols is 1. The molecule has 1 aromatic heterocycles. The lowest BCUT2D eigenvalue weighted by Crippen LogP contribution is -1.97. The summed E-state index contributed by atoms with van der Waals surface area (Å²) in [6.07, 6.45) is 0. The summed E-state index contributed by atoms with van der Waals surface area (Å²) in [5.74, 6) is -1.64. The van der Waals surface area contributed by atoms with E-state index in [2.05, 4.69) is 4.98 Å². The van der Waals surface area contributed by atoms with Gasteiger partial charge in [-0.25, -0.2) is 9.78 Å². The Morgan fingerprint density at radius 1 is 1.31 bits per heavy atom. The predicted molar refractivity (Wildman–Crippen MR) is 60.4 cm³/mol. The number of benzene rings is 1. The number of carboxylic acid groups (broad SMARTS) is 1. The maximum Gasteiger partial charge on any atom is 0.339 e. The molecule has 4 nitrogen and oxygen atoms in total. The number of aromatic carboxylic acids is 1. The molecule has 0 fully saturated rings. The molecule has 0 amide bonds. The van der Waals surface area contributed by atoms with E-state index in [1.54, 1.807) is 0 Å². The first-order valence-corrected chi connectivity index (χ1v) is 4.97. The molecule has 0 spiro atoms. The molecule has 2 N–H and O–H groups in total. The molecule has 6 heteroatoms. The zero-order valence-electron chi connectivity index (χ0n) is 7.74. The van der Waals surface area contributed by atoms with Crippen molar-refractivity contribution in [3.05, 3.63) is 33.9 Å². The molecule has 0 radical (unpaired) electrons. The molecule has 0 aliphatic heterocycles. The number of carbonyl (C=O) groups is 1. The summed E-state index contributed by atoms with van der Waals surface area (Å²) in [6.45, 7) is 0. The van der Waals surface area contributed by atoms with Gasteiger partial charge in [0.2, 0.25) is 0 Å². The van der Waals surface area contributed by atoms with E-state index in [1.807, 2.05) is 0 Å². The Bertz CT molecular complexity index is 598. The summed E-state index contributed by atoms with van der Waals surface area (Å²) in [4.78, 5) is 14.6. The molecular formula is C10H5Cl2NO3. The number of aromatic nitrogens is 1. The van der Waals surface area contributed by atoms with Gasteiger partial charge < -0.3 is 10.2 Å². The van der Waals surface area contributed by atoms with Crippen LogP contribution in [0.5, 0.6) is 5.75 Å². The molecule has 0 aliphatic carbocycles. The molecule has 2 aromatic rings. The Balaban J connectivity index is 2.84. The molecule has 0 aliphatic rings. The second kappa shape index (κ2) is 3.81. The number of halogens is 2. The van der Waals surface area contributed by atoms with E-state index < -0.39 is 11.7 Å². The summed E-state index contributed by atoms with van der Waals surface area (Å²) in [5, 5.41) is 19.3. The second-order valence-electron chi connectivity index (χ2n) is 3.10. The third-order valence-corrected chi connectivity index (χ3v) is 2.78. The van der Waals surface area contributed by atoms with Crippen molar-refractivity contribution in [1.29, 1.82) is 0 Å². The molecule has 0 saturated heterocycles. The first kappa shape index (κ1) is 11.0. The number of rotatable bonds is 1. The van der Waals surface area contributed by atoms with Gasteiger partial charge in [0, 0.05) is 5.39 Å². The molecule has 0 atom stereocenters. The average molecular weight is 258 g/mol. The smallest absolute Gasteiger partial charge is 0.339 e. The van der Waals surface area contributed by atoms with Crippen LogP contribution in [0.2, 0.25) is 10.2 Å². The number of aromatic hydroxyl groups is 1. The second-order valence-corrected chi connectivity index (χ2v) is 3.86. The van der Waals surface area contributed by atoms with Gasteiger partial charge >= 0.3 is 5.97 Å². The molecule has 1 heterocycles. The van der Waals surface area contributed by atoms with Crippen molar-refractivity contribution in [2.45, 2.75) is 0 Å². The SMILES string of the molecule is O=C(O)c1ccc2cc(Cl)c(Cl)nc2c1O. The van der Waals surface area contributed by atoms with E-state index in [0.717, 1.165) is 0 Å². The van der Waals surface area contributed by atoms with Crippen LogP contribution in [0.25, 0.3) is 10.9 Å². The van der Waals surface area contributed by atoms with Crippen LogP contribution < -0.4 is 0 Å². The lowest BCUT2D eigenvalue weighted by molar-refractivity contribution is 0.0694. The van der Waals surface area contributed by atoms with Crippen LogP contribution in [0.15, 0.2) is 18.2 Å². The number of fused-ring (bicyclic) bond motifs is 1. The van der Waals surface area contributed by atoms with Gasteiger partial charge in [-0.2, -0.15) is 0 Å². The first-order valence-electron chi connectivity index (χ1n) is 4.21. The van der Waals surface area contributed by atoms with E-state index in [0.29, 0.717) is 5.39 Å². The molecule has 1 aromatic carbocycles. The van der Waals surface area contributed by atoms with Crippen molar-refractivity contribution in [3.8, 4) is 5.75 Å². The first-order chi connectivity index (χ1) is 7.50. The lowest BCUT2D eigenvalue weighted by atomic mass is 10.1. The summed E-state index contributed by atoms with van der Waals surface area (Å²) < 4.78 is 0. The maximum atomic E-state index is 10.8. The highest BCUT2D eigenvalue weighted by molar-refractivity contribution is 6.41. The van der Waals surface area contributed by atoms with Crippen molar-refractivity contribution in [2.24, 2.45) is 0 Å². The lowest BCUT2D eigenvalue weighted by Gasteiger charge is -2.05. The van der Waals surface area contributed by atoms with Crippen molar-refractivity contribution in [3.63, 3.8) is 0 Å². The van der Waals surface area contributed by atoms with Crippen LogP contribution in [0.3, 0.4) is 0 Å². The van der Waals surface area contributed by atoms with Crippen LogP contribution in [0.4, 0.5) is 0 Å². The van der Waals surface area contributed by atoms with Gasteiger partial charge in [0.1, 0.15) is 16.2 Å². The van der Waals surface area contributed by atoms with Gasteiger partial charge in [-0.05, 0) is 12.1 Å². The van der Waals surface area contributed by atoms with Gasteiger partial charge in [-0.3, -0.25) is 0 Å². The molecule has 0 bridgehead atoms. The normalized spacial score (nSPS) is 10.6. The van der Waals surface area contributed by atoms with E-state index in [1.165, 1.54) is 18.2 Å². The van der Waals surface area contributed by atoms with E-state index in [-0.39, 0.29) is 21.3 Å². The quantitative estimate of drug-likeness (QED) is 0.771. The Hall–Kier alpha value is -1.52. The number of hydrogen-bond donors (Lipinski definition) is 2. The van der Waals surface area contributed by atoms with Crippen LogP contribution in [0, 0.1) is 0 Å². The highest BCUT2D eigenvalue weighted by Gasteiger charge is 2.14. The monoisotopic (exact) mass is 257 g/mol. The largest absolute Gasteiger partial charge is 0.505 e. The summed E-state index contributed by atoms with van der Waals surface area (Å²) in [6, 6.07) is 4.30. The average Bonchev–Trinajstić information content (AvgIpc) is 2.21. The Morgan fingerprint density at radius 3 is 2.62 bits per heavy atom. The summed E-state index contributed by atoms with van der Waals surface area (Å²) in [5.41, 5.74) is -0.104. The zero-order chi connectivity index (χ0) is 11.9. The third-order valence-electron chi connectivity index (χ3n) is 2.10.